The van der Waals surface area contributed by atoms with E-state index in [0.29, 0.717) is 22.5 Å². The highest BCUT2D eigenvalue weighted by atomic mass is 19.4. The zero-order chi connectivity index (χ0) is 22.4. The van der Waals surface area contributed by atoms with E-state index in [1.54, 1.807) is 48.5 Å². The molecular weight excluding hydrogens is 409 g/mol. The van der Waals surface area contributed by atoms with E-state index in [4.69, 9.17) is 5.73 Å². The van der Waals surface area contributed by atoms with Gasteiger partial charge in [-0.1, -0.05) is 30.3 Å². The molecule has 0 heterocycles. The van der Waals surface area contributed by atoms with Gasteiger partial charge < -0.3 is 21.7 Å². The number of alkyl halides is 3. The van der Waals surface area contributed by atoms with Crippen LogP contribution in [0.5, 0.6) is 0 Å². The smallest absolute Gasteiger partial charge is 0.397 e. The molecular formula is C22H19F3N4O2. The van der Waals surface area contributed by atoms with Gasteiger partial charge in [0.25, 0.3) is 5.91 Å². The second-order valence-electron chi connectivity index (χ2n) is 6.62. The molecule has 160 valence electrons. The number of hydrogen-bond acceptors (Lipinski definition) is 3. The van der Waals surface area contributed by atoms with Crippen LogP contribution in [0.1, 0.15) is 21.5 Å². The quantitative estimate of drug-likeness (QED) is 0.437. The lowest BCUT2D eigenvalue weighted by Crippen LogP contribution is -2.28. The van der Waals surface area contributed by atoms with Gasteiger partial charge >= 0.3 is 12.2 Å². The molecule has 6 nitrogen and oxygen atoms in total. The number of hydrogen-bond donors (Lipinski definition) is 4. The van der Waals surface area contributed by atoms with Crippen molar-refractivity contribution in [1.82, 2.24) is 5.32 Å². The highest BCUT2D eigenvalue weighted by Gasteiger charge is 2.30. The van der Waals surface area contributed by atoms with E-state index in [1.807, 2.05) is 0 Å². The summed E-state index contributed by atoms with van der Waals surface area (Å²) in [6.07, 6.45) is -4.49. The molecule has 3 aromatic carbocycles. The van der Waals surface area contributed by atoms with Crippen LogP contribution in [0.3, 0.4) is 0 Å². The fourth-order valence-electron chi connectivity index (χ4n) is 2.71. The number of rotatable bonds is 5. The highest BCUT2D eigenvalue weighted by Crippen LogP contribution is 2.30. The second-order valence-corrected chi connectivity index (χ2v) is 6.62. The predicted octanol–water partition coefficient (Wildman–Crippen LogP) is 4.86. The Morgan fingerprint density at radius 3 is 2.26 bits per heavy atom. The third-order valence-corrected chi connectivity index (χ3v) is 4.33. The third kappa shape index (κ3) is 5.99. The van der Waals surface area contributed by atoms with Crippen LogP contribution in [-0.4, -0.2) is 11.9 Å². The number of halogens is 3. The molecule has 3 aromatic rings. The van der Waals surface area contributed by atoms with Gasteiger partial charge in [0.2, 0.25) is 0 Å². The molecule has 0 fully saturated rings. The molecule has 5 N–H and O–H groups in total. The first-order chi connectivity index (χ1) is 14.7. The first kappa shape index (κ1) is 21.7. The zero-order valence-electron chi connectivity index (χ0n) is 16.2. The average Bonchev–Trinajstić information content (AvgIpc) is 2.74. The number of nitrogens with one attached hydrogen (secondary N) is 3. The Labute approximate surface area is 176 Å². The van der Waals surface area contributed by atoms with Gasteiger partial charge in [-0.3, -0.25) is 4.79 Å². The molecule has 0 aliphatic carbocycles. The van der Waals surface area contributed by atoms with Crippen molar-refractivity contribution in [2.75, 3.05) is 16.4 Å². The number of carbonyl (C=O) groups excluding carboxylic acids is 2. The number of anilines is 3. The molecule has 9 heteroatoms. The van der Waals surface area contributed by atoms with E-state index in [1.165, 1.54) is 12.1 Å². The van der Waals surface area contributed by atoms with Gasteiger partial charge in [-0.2, -0.15) is 13.2 Å². The molecule has 0 radical (unpaired) electrons. The minimum Gasteiger partial charge on any atom is -0.397 e. The van der Waals surface area contributed by atoms with Crippen LogP contribution in [0.25, 0.3) is 0 Å². The van der Waals surface area contributed by atoms with Crippen molar-refractivity contribution in [1.29, 1.82) is 0 Å². The summed E-state index contributed by atoms with van der Waals surface area (Å²) in [5.74, 6) is -0.334. The highest BCUT2D eigenvalue weighted by molar-refractivity contribution is 6.05. The lowest BCUT2D eigenvalue weighted by atomic mass is 10.1. The number of benzene rings is 3. The average molecular weight is 428 g/mol. The van der Waals surface area contributed by atoms with Crippen LogP contribution in [0.15, 0.2) is 72.8 Å². The Bertz CT molecular complexity index is 1080. The molecule has 31 heavy (non-hydrogen) atoms. The largest absolute Gasteiger partial charge is 0.416 e. The van der Waals surface area contributed by atoms with Crippen molar-refractivity contribution in [3.63, 3.8) is 0 Å². The summed E-state index contributed by atoms with van der Waals surface area (Å²) >= 11 is 0. The Morgan fingerprint density at radius 2 is 1.58 bits per heavy atom. The Hall–Kier alpha value is -4.01. The normalized spacial score (nSPS) is 10.9. The summed E-state index contributed by atoms with van der Waals surface area (Å²) in [7, 11) is 0. The van der Waals surface area contributed by atoms with Crippen LogP contribution in [0.4, 0.5) is 35.0 Å². The summed E-state index contributed by atoms with van der Waals surface area (Å²) in [6, 6.07) is 17.1. The van der Waals surface area contributed by atoms with Gasteiger partial charge in [0, 0.05) is 17.8 Å². The molecule has 0 saturated heterocycles. The molecule has 3 rings (SSSR count). The molecule has 0 atom stereocenters. The van der Waals surface area contributed by atoms with Crippen molar-refractivity contribution >= 4 is 29.0 Å². The van der Waals surface area contributed by atoms with E-state index in [9.17, 15) is 22.8 Å². The number of nitrogen functional groups attached to an aromatic ring is 1. The van der Waals surface area contributed by atoms with Gasteiger partial charge in [-0.25, -0.2) is 4.79 Å². The monoisotopic (exact) mass is 428 g/mol. The van der Waals surface area contributed by atoms with Gasteiger partial charge in [0.05, 0.1) is 16.9 Å². The molecule has 0 aliphatic heterocycles. The number of nitrogens with two attached hydrogens (primary N) is 1. The third-order valence-electron chi connectivity index (χ3n) is 4.33. The summed E-state index contributed by atoms with van der Waals surface area (Å²) in [6.45, 7) is 0.123. The van der Waals surface area contributed by atoms with Crippen molar-refractivity contribution in [2.24, 2.45) is 0 Å². The number of carbonyl (C=O) groups is 2. The molecule has 0 aromatic heterocycles. The molecule has 0 bridgehead atoms. The van der Waals surface area contributed by atoms with Crippen molar-refractivity contribution in [3.8, 4) is 0 Å². The second kappa shape index (κ2) is 9.21. The van der Waals surface area contributed by atoms with Gasteiger partial charge in [0.15, 0.2) is 0 Å². The summed E-state index contributed by atoms with van der Waals surface area (Å²) in [5, 5.41) is 7.63. The van der Waals surface area contributed by atoms with Gasteiger partial charge in [0.1, 0.15) is 0 Å². The van der Waals surface area contributed by atoms with Crippen molar-refractivity contribution in [3.05, 3.63) is 89.5 Å². The molecule has 0 unspecified atom stereocenters. The summed E-state index contributed by atoms with van der Waals surface area (Å²) < 4.78 is 38.2. The number of amides is 3. The topological polar surface area (TPSA) is 96.2 Å². The maximum Gasteiger partial charge on any atom is 0.416 e. The van der Waals surface area contributed by atoms with Crippen LogP contribution < -0.4 is 21.7 Å². The fourth-order valence-corrected chi connectivity index (χ4v) is 2.71. The van der Waals surface area contributed by atoms with E-state index in [0.717, 1.165) is 12.1 Å². The molecule has 0 spiro atoms. The molecule has 3 amide bonds. The van der Waals surface area contributed by atoms with E-state index in [-0.39, 0.29) is 18.1 Å². The van der Waals surface area contributed by atoms with E-state index >= 15 is 0 Å². The lowest BCUT2D eigenvalue weighted by molar-refractivity contribution is -0.137. The van der Waals surface area contributed by atoms with Crippen molar-refractivity contribution in [2.45, 2.75) is 12.7 Å². The first-order valence-electron chi connectivity index (χ1n) is 9.19. The SMILES string of the molecule is Nc1ccccc1NC(=O)c1ccc(CNC(=O)Nc2cccc(C(F)(F)F)c2)cc1. The number of para-hydroxylation sites is 2. The Kier molecular flexibility index (Phi) is 6.44. The Balaban J connectivity index is 1.54. The number of urea groups is 1. The van der Waals surface area contributed by atoms with Gasteiger partial charge in [-0.15, -0.1) is 0 Å². The Morgan fingerprint density at radius 1 is 0.871 bits per heavy atom. The minimum atomic E-state index is -4.49. The van der Waals surface area contributed by atoms with Crippen LogP contribution in [-0.2, 0) is 12.7 Å². The summed E-state index contributed by atoms with van der Waals surface area (Å²) in [5.41, 5.74) is 7.04. The maximum absolute atomic E-state index is 12.7. The van der Waals surface area contributed by atoms with E-state index in [2.05, 4.69) is 16.0 Å². The van der Waals surface area contributed by atoms with Crippen LogP contribution in [0.2, 0.25) is 0 Å². The van der Waals surface area contributed by atoms with E-state index < -0.39 is 17.8 Å². The standard InChI is InChI=1S/C22H19F3N4O2/c23-22(24,25)16-4-3-5-17(12-16)28-21(31)27-13-14-8-10-15(11-9-14)20(30)29-19-7-2-1-6-18(19)26/h1-12H,13,26H2,(H,29,30)(H2,27,28,31). The minimum absolute atomic E-state index is 0.0273. The van der Waals surface area contributed by atoms with Gasteiger partial charge in [-0.05, 0) is 48.0 Å². The zero-order valence-corrected chi connectivity index (χ0v) is 16.2. The van der Waals surface area contributed by atoms with Crippen LogP contribution in [0, 0.1) is 0 Å². The van der Waals surface area contributed by atoms with Crippen LogP contribution >= 0.6 is 0 Å². The first-order valence-corrected chi connectivity index (χ1v) is 9.19. The molecule has 0 saturated carbocycles. The fraction of sp³-hybridized carbons (Fsp3) is 0.0909. The predicted molar refractivity (Wildman–Crippen MR) is 113 cm³/mol. The van der Waals surface area contributed by atoms with Crippen molar-refractivity contribution < 1.29 is 22.8 Å². The maximum atomic E-state index is 12.7. The molecule has 0 aliphatic rings. The summed E-state index contributed by atoms with van der Waals surface area (Å²) in [4.78, 5) is 24.3. The lowest BCUT2D eigenvalue weighted by Gasteiger charge is -2.11.